The predicted octanol–water partition coefficient (Wildman–Crippen LogP) is 3.87. The highest BCUT2D eigenvalue weighted by atomic mass is 16.5. The van der Waals surface area contributed by atoms with Crippen molar-refractivity contribution in [2.24, 2.45) is 0 Å². The second-order valence-corrected chi connectivity index (χ2v) is 9.56. The van der Waals surface area contributed by atoms with Crippen LogP contribution in [-0.4, -0.2) is 48.7 Å². The molecule has 0 spiro atoms. The molecular weight excluding hydrogens is 440 g/mol. The number of hydrogen-bond acceptors (Lipinski definition) is 6. The van der Waals surface area contributed by atoms with Crippen LogP contribution in [0, 0.1) is 25.2 Å². The van der Waals surface area contributed by atoms with Crippen LogP contribution in [0.2, 0.25) is 0 Å². The molecule has 3 aromatic rings. The van der Waals surface area contributed by atoms with Crippen molar-refractivity contribution in [1.82, 2.24) is 14.9 Å². The maximum absolute atomic E-state index is 14.3. The van der Waals surface area contributed by atoms with Crippen LogP contribution in [0.5, 0.6) is 0 Å². The Morgan fingerprint density at radius 3 is 2.46 bits per heavy atom. The van der Waals surface area contributed by atoms with E-state index in [9.17, 15) is 10.1 Å². The summed E-state index contributed by atoms with van der Waals surface area (Å²) in [5.74, 6) is 0.0709. The van der Waals surface area contributed by atoms with Crippen molar-refractivity contribution in [2.45, 2.75) is 37.8 Å². The predicted molar refractivity (Wildman–Crippen MR) is 132 cm³/mol. The van der Waals surface area contributed by atoms with E-state index >= 15 is 0 Å². The van der Waals surface area contributed by atoms with Gasteiger partial charge in [-0.15, -0.1) is 0 Å². The fraction of sp³-hybridized carbons (Fsp3) is 0.393. The molecule has 0 unspecified atom stereocenters. The number of aryl methyl sites for hydroxylation is 2. The zero-order valence-electron chi connectivity index (χ0n) is 20.4. The van der Waals surface area contributed by atoms with E-state index in [1.54, 1.807) is 19.2 Å². The molecule has 1 N–H and O–H groups in total. The molecule has 0 amide bonds. The lowest BCUT2D eigenvalue weighted by atomic mass is 9.69. The highest BCUT2D eigenvalue weighted by molar-refractivity contribution is 6.09. The van der Waals surface area contributed by atoms with E-state index in [4.69, 9.17) is 9.47 Å². The Hall–Kier alpha value is -3.31. The van der Waals surface area contributed by atoms with Gasteiger partial charge < -0.3 is 19.4 Å². The second kappa shape index (κ2) is 9.04. The van der Waals surface area contributed by atoms with Gasteiger partial charge in [-0.3, -0.25) is 4.79 Å². The molecule has 35 heavy (non-hydrogen) atoms. The fourth-order valence-corrected chi connectivity index (χ4v) is 5.35. The topological polar surface area (TPSA) is 89.2 Å². The Kier molecular flexibility index (Phi) is 6.06. The zero-order valence-corrected chi connectivity index (χ0v) is 20.4. The van der Waals surface area contributed by atoms with Gasteiger partial charge in [0.1, 0.15) is 5.72 Å². The van der Waals surface area contributed by atoms with Crippen molar-refractivity contribution in [2.75, 3.05) is 33.4 Å². The van der Waals surface area contributed by atoms with E-state index in [-0.39, 0.29) is 5.78 Å². The lowest BCUT2D eigenvalue weighted by Gasteiger charge is -2.42. The molecule has 2 aliphatic rings. The van der Waals surface area contributed by atoms with E-state index in [0.29, 0.717) is 50.3 Å². The Morgan fingerprint density at radius 2 is 1.86 bits per heavy atom. The third-order valence-electron chi connectivity index (χ3n) is 7.57. The zero-order chi connectivity index (χ0) is 24.6. The Bertz CT molecular complexity index is 1290. The molecule has 2 fully saturated rings. The van der Waals surface area contributed by atoms with E-state index < -0.39 is 11.1 Å². The van der Waals surface area contributed by atoms with E-state index in [1.807, 2.05) is 44.4 Å². The number of carbonyl (C=O) groups excluding carboxylic acids is 1. The third-order valence-corrected chi connectivity index (χ3v) is 7.57. The van der Waals surface area contributed by atoms with Crippen molar-refractivity contribution in [3.05, 3.63) is 76.7 Å². The first-order valence-corrected chi connectivity index (χ1v) is 12.0. The number of Topliss-reactive ketones (excluding diaryl/α,β-unsaturated/α-hetero) is 1. The fourth-order valence-electron chi connectivity index (χ4n) is 5.35. The highest BCUT2D eigenvalue weighted by Crippen LogP contribution is 2.40. The summed E-state index contributed by atoms with van der Waals surface area (Å²) < 4.78 is 13.8. The van der Waals surface area contributed by atoms with Gasteiger partial charge in [0.25, 0.3) is 0 Å². The molecule has 0 bridgehead atoms. The largest absolute Gasteiger partial charge is 0.381 e. The Labute approximate surface area is 205 Å². The summed E-state index contributed by atoms with van der Waals surface area (Å²) in [6, 6.07) is 15.5. The van der Waals surface area contributed by atoms with Gasteiger partial charge in [-0.1, -0.05) is 29.8 Å². The second-order valence-electron chi connectivity index (χ2n) is 9.56. The number of nitrogens with one attached hydrogen (secondary N) is 1. The van der Waals surface area contributed by atoms with Crippen LogP contribution in [0.4, 0.5) is 0 Å². The van der Waals surface area contributed by atoms with Gasteiger partial charge in [-0.25, -0.2) is 4.98 Å². The monoisotopic (exact) mass is 470 g/mol. The number of rotatable bonds is 6. The van der Waals surface area contributed by atoms with Crippen LogP contribution in [-0.2, 0) is 20.6 Å². The smallest absolute Gasteiger partial charge is 0.176 e. The average Bonchev–Trinajstić information content (AvgIpc) is 3.25. The lowest BCUT2D eigenvalue weighted by Crippen LogP contribution is -2.61. The van der Waals surface area contributed by atoms with Gasteiger partial charge in [0.15, 0.2) is 5.78 Å². The van der Waals surface area contributed by atoms with Crippen molar-refractivity contribution < 1.29 is 14.3 Å². The number of hydrogen-bond donors (Lipinski definition) is 1. The van der Waals surface area contributed by atoms with Gasteiger partial charge in [-0.2, -0.15) is 5.26 Å². The first-order valence-electron chi connectivity index (χ1n) is 12.0. The van der Waals surface area contributed by atoms with Crippen molar-refractivity contribution >= 4 is 5.78 Å². The number of nitrogens with zero attached hydrogens (tertiary/aromatic N) is 3. The summed E-state index contributed by atoms with van der Waals surface area (Å²) in [5.41, 5.74) is 4.64. The lowest BCUT2D eigenvalue weighted by molar-refractivity contribution is -0.142. The van der Waals surface area contributed by atoms with Gasteiger partial charge in [0, 0.05) is 44.2 Å². The summed E-state index contributed by atoms with van der Waals surface area (Å²) in [6.45, 7) is 6.35. The highest BCUT2D eigenvalue weighted by Gasteiger charge is 2.47. The number of ether oxygens (including phenoxy) is 2. The third kappa shape index (κ3) is 3.79. The molecule has 180 valence electrons. The normalized spacial score (nSPS) is 18.5. The van der Waals surface area contributed by atoms with Crippen molar-refractivity contribution in [3.63, 3.8) is 0 Å². The van der Waals surface area contributed by atoms with E-state index in [2.05, 4.69) is 27.0 Å². The van der Waals surface area contributed by atoms with Crippen LogP contribution >= 0.6 is 0 Å². The number of imidazole rings is 1. The summed E-state index contributed by atoms with van der Waals surface area (Å²) in [7, 11) is 1.73. The first-order chi connectivity index (χ1) is 16.9. The minimum atomic E-state index is -0.672. The number of benzene rings is 2. The Balaban J connectivity index is 1.64. The quantitative estimate of drug-likeness (QED) is 0.550. The van der Waals surface area contributed by atoms with Gasteiger partial charge in [-0.05, 0) is 37.6 Å². The molecule has 1 aromatic heterocycles. The maximum atomic E-state index is 14.3. The van der Waals surface area contributed by atoms with E-state index in [0.717, 1.165) is 28.1 Å². The van der Waals surface area contributed by atoms with Crippen LogP contribution < -0.4 is 5.32 Å². The number of methoxy groups -OCH3 is 1. The van der Waals surface area contributed by atoms with Crippen LogP contribution in [0.25, 0.3) is 11.3 Å². The summed E-state index contributed by atoms with van der Waals surface area (Å²) in [6.07, 6.45) is 3.25. The van der Waals surface area contributed by atoms with Crippen LogP contribution in [0.15, 0.2) is 48.8 Å². The molecule has 0 saturated carbocycles. The average molecular weight is 471 g/mol. The van der Waals surface area contributed by atoms with Gasteiger partial charge in [0.2, 0.25) is 0 Å². The van der Waals surface area contributed by atoms with Crippen LogP contribution in [0.1, 0.15) is 45.6 Å². The molecule has 3 heterocycles. The molecular formula is C28H30N4O3. The summed E-state index contributed by atoms with van der Waals surface area (Å²) >= 11 is 0. The standard InChI is InChI=1S/C28H30N4O3/c1-19-4-9-23(26(33)27(16-30-17-27)22-7-5-21(15-29)6-8-22)24(14-19)25-20(2)31-18-32(25)28(34-3)10-12-35-13-11-28/h4-9,14,18,30H,10-13,16-17H2,1-3H3. The molecule has 7 nitrogen and oxygen atoms in total. The molecule has 0 radical (unpaired) electrons. The molecule has 5 rings (SSSR count). The first kappa shape index (κ1) is 23.4. The number of aromatic nitrogens is 2. The number of nitriles is 1. The minimum Gasteiger partial charge on any atom is -0.381 e. The maximum Gasteiger partial charge on any atom is 0.176 e. The summed E-state index contributed by atoms with van der Waals surface area (Å²) in [4.78, 5) is 18.9. The molecule has 0 aliphatic carbocycles. The van der Waals surface area contributed by atoms with Gasteiger partial charge in [0.05, 0.1) is 48.0 Å². The van der Waals surface area contributed by atoms with E-state index in [1.165, 1.54) is 0 Å². The molecule has 2 saturated heterocycles. The molecule has 2 aromatic carbocycles. The molecule has 2 aliphatic heterocycles. The van der Waals surface area contributed by atoms with Crippen molar-refractivity contribution in [3.8, 4) is 17.3 Å². The molecule has 0 atom stereocenters. The minimum absolute atomic E-state index is 0.0709. The summed E-state index contributed by atoms with van der Waals surface area (Å²) in [5, 5.41) is 12.5. The number of ketones is 1. The Morgan fingerprint density at radius 1 is 1.14 bits per heavy atom. The number of carbonyl (C=O) groups is 1. The molecule has 7 heteroatoms. The van der Waals surface area contributed by atoms with Crippen molar-refractivity contribution in [1.29, 1.82) is 5.26 Å². The van der Waals surface area contributed by atoms with Crippen LogP contribution in [0.3, 0.4) is 0 Å². The van der Waals surface area contributed by atoms with Gasteiger partial charge >= 0.3 is 0 Å². The SMILES string of the molecule is COC1(n2cnc(C)c2-c2cc(C)ccc2C(=O)C2(c3ccc(C#N)cc3)CNC2)CCOCC1.